The molecule has 0 amide bonds. The zero-order valence-electron chi connectivity index (χ0n) is 9.63. The fourth-order valence-corrected chi connectivity index (χ4v) is 1.89. The Kier molecular flexibility index (Phi) is 4.06. The summed E-state index contributed by atoms with van der Waals surface area (Å²) in [5, 5.41) is 0. The molecule has 84 valence electrons. The molecule has 1 rings (SSSR count). The van der Waals surface area contributed by atoms with Crippen LogP contribution >= 0.6 is 0 Å². The van der Waals surface area contributed by atoms with Gasteiger partial charge in [-0.2, -0.15) is 0 Å². The molecule has 0 N–H and O–H groups in total. The second kappa shape index (κ2) is 5.10. The van der Waals surface area contributed by atoms with E-state index in [0.29, 0.717) is 12.8 Å². The molecule has 1 aliphatic carbocycles. The maximum Gasteiger partial charge on any atom is 0.305 e. The van der Waals surface area contributed by atoms with Crippen molar-refractivity contribution in [1.82, 2.24) is 0 Å². The van der Waals surface area contributed by atoms with Gasteiger partial charge in [0.1, 0.15) is 0 Å². The number of ether oxygens (including phenoxy) is 1. The van der Waals surface area contributed by atoms with Gasteiger partial charge in [0.15, 0.2) is 5.78 Å². The first-order valence-corrected chi connectivity index (χ1v) is 5.36. The van der Waals surface area contributed by atoms with E-state index in [2.05, 4.69) is 4.74 Å². The Balaban J connectivity index is 2.65. The van der Waals surface area contributed by atoms with Crippen molar-refractivity contribution in [2.24, 2.45) is 5.92 Å². The number of hydrogen-bond acceptors (Lipinski definition) is 3. The summed E-state index contributed by atoms with van der Waals surface area (Å²) in [5.41, 5.74) is 1.99. The summed E-state index contributed by atoms with van der Waals surface area (Å²) in [5.74, 6) is 0.0744. The van der Waals surface area contributed by atoms with Gasteiger partial charge < -0.3 is 4.74 Å². The Morgan fingerprint density at radius 1 is 1.53 bits per heavy atom. The van der Waals surface area contributed by atoms with Gasteiger partial charge in [-0.1, -0.05) is 12.5 Å². The fourth-order valence-electron chi connectivity index (χ4n) is 1.89. The zero-order chi connectivity index (χ0) is 11.4. The lowest BCUT2D eigenvalue weighted by atomic mass is 9.82. The topological polar surface area (TPSA) is 43.4 Å². The van der Waals surface area contributed by atoms with E-state index in [1.165, 1.54) is 7.11 Å². The summed E-state index contributed by atoms with van der Waals surface area (Å²) in [7, 11) is 1.37. The molecule has 0 aromatic carbocycles. The molecule has 0 aromatic heterocycles. The summed E-state index contributed by atoms with van der Waals surface area (Å²) in [6.45, 7) is 3.93. The van der Waals surface area contributed by atoms with Gasteiger partial charge in [-0.05, 0) is 31.8 Å². The van der Waals surface area contributed by atoms with Gasteiger partial charge in [-0.3, -0.25) is 9.59 Å². The molecule has 0 heterocycles. The molecular formula is C12H18O3. The number of carbonyl (C=O) groups is 2. The van der Waals surface area contributed by atoms with Crippen molar-refractivity contribution in [2.45, 2.75) is 39.5 Å². The minimum Gasteiger partial charge on any atom is -0.469 e. The van der Waals surface area contributed by atoms with Gasteiger partial charge in [0.05, 0.1) is 7.11 Å². The van der Waals surface area contributed by atoms with Gasteiger partial charge in [0.2, 0.25) is 0 Å². The summed E-state index contributed by atoms with van der Waals surface area (Å²) < 4.78 is 4.57. The van der Waals surface area contributed by atoms with Crippen molar-refractivity contribution in [3.05, 3.63) is 11.1 Å². The number of methoxy groups -OCH3 is 1. The van der Waals surface area contributed by atoms with E-state index in [-0.39, 0.29) is 17.7 Å². The van der Waals surface area contributed by atoms with Crippen molar-refractivity contribution >= 4 is 11.8 Å². The predicted octanol–water partition coefficient (Wildman–Crippen LogP) is 2.26. The van der Waals surface area contributed by atoms with Crippen molar-refractivity contribution in [3.8, 4) is 0 Å². The first kappa shape index (κ1) is 12.0. The molecule has 0 fully saturated rings. The fraction of sp³-hybridized carbons (Fsp3) is 0.667. The molecule has 3 nitrogen and oxygen atoms in total. The molecule has 1 atom stereocenters. The van der Waals surface area contributed by atoms with E-state index in [1.54, 1.807) is 0 Å². The Hall–Kier alpha value is -1.12. The molecule has 0 spiro atoms. The van der Waals surface area contributed by atoms with Crippen molar-refractivity contribution in [2.75, 3.05) is 7.11 Å². The van der Waals surface area contributed by atoms with Gasteiger partial charge in [0.25, 0.3) is 0 Å². The Bertz CT molecular complexity index is 302. The number of hydrogen-bond donors (Lipinski definition) is 0. The van der Waals surface area contributed by atoms with Crippen LogP contribution in [0.3, 0.4) is 0 Å². The Labute approximate surface area is 90.5 Å². The number of esters is 1. The molecule has 1 unspecified atom stereocenters. The Morgan fingerprint density at radius 2 is 2.20 bits per heavy atom. The van der Waals surface area contributed by atoms with Crippen molar-refractivity contribution < 1.29 is 14.3 Å². The van der Waals surface area contributed by atoms with Gasteiger partial charge in [-0.15, -0.1) is 0 Å². The average Bonchev–Trinajstić information content (AvgIpc) is 2.23. The minimum absolute atomic E-state index is 0.112. The lowest BCUT2D eigenvalue weighted by molar-refractivity contribution is -0.140. The van der Waals surface area contributed by atoms with Crippen LogP contribution in [0.15, 0.2) is 11.1 Å². The maximum atomic E-state index is 11.8. The monoisotopic (exact) mass is 210 g/mol. The predicted molar refractivity (Wildman–Crippen MR) is 57.4 cm³/mol. The van der Waals surface area contributed by atoms with Gasteiger partial charge >= 0.3 is 5.97 Å². The second-order valence-corrected chi connectivity index (χ2v) is 4.14. The van der Waals surface area contributed by atoms with Crippen LogP contribution in [0.25, 0.3) is 0 Å². The van der Waals surface area contributed by atoms with Crippen LogP contribution in [0.5, 0.6) is 0 Å². The molecule has 0 saturated heterocycles. The molecule has 0 aromatic rings. The number of allylic oxidation sites excluding steroid dienone is 2. The highest BCUT2D eigenvalue weighted by molar-refractivity contribution is 5.98. The lowest BCUT2D eigenvalue weighted by Crippen LogP contribution is -2.20. The first-order valence-electron chi connectivity index (χ1n) is 5.36. The summed E-state index contributed by atoms with van der Waals surface area (Å²) in [4.78, 5) is 22.8. The third-order valence-corrected chi connectivity index (χ3v) is 3.02. The second-order valence-electron chi connectivity index (χ2n) is 4.14. The zero-order valence-corrected chi connectivity index (χ0v) is 9.63. The number of ketones is 1. The number of carbonyl (C=O) groups excluding carboxylic acids is 2. The summed E-state index contributed by atoms with van der Waals surface area (Å²) in [6.07, 6.45) is 2.75. The van der Waals surface area contributed by atoms with Crippen LogP contribution in [-0.2, 0) is 14.3 Å². The number of rotatable bonds is 3. The van der Waals surface area contributed by atoms with Crippen LogP contribution in [0.1, 0.15) is 39.5 Å². The van der Waals surface area contributed by atoms with E-state index in [0.717, 1.165) is 24.0 Å². The standard InChI is InChI=1S/C12H18O3/c1-8-4-5-9(2)12(14)10(8)6-7-11(13)15-3/h9H,4-7H2,1-3H3. The van der Waals surface area contributed by atoms with E-state index in [1.807, 2.05) is 13.8 Å². The third kappa shape index (κ3) is 2.91. The van der Waals surface area contributed by atoms with Crippen LogP contribution in [0.2, 0.25) is 0 Å². The van der Waals surface area contributed by atoms with Crippen LogP contribution in [-0.4, -0.2) is 18.9 Å². The minimum atomic E-state index is -0.249. The van der Waals surface area contributed by atoms with E-state index in [9.17, 15) is 9.59 Å². The summed E-state index contributed by atoms with van der Waals surface area (Å²) in [6, 6.07) is 0. The SMILES string of the molecule is COC(=O)CCC1=C(C)CCC(C)C1=O. The smallest absolute Gasteiger partial charge is 0.305 e. The molecule has 0 bridgehead atoms. The van der Waals surface area contributed by atoms with E-state index < -0.39 is 0 Å². The van der Waals surface area contributed by atoms with Crippen LogP contribution < -0.4 is 0 Å². The van der Waals surface area contributed by atoms with E-state index >= 15 is 0 Å². The molecule has 0 saturated carbocycles. The highest BCUT2D eigenvalue weighted by Gasteiger charge is 2.24. The first-order chi connectivity index (χ1) is 7.06. The quantitative estimate of drug-likeness (QED) is 0.671. The lowest BCUT2D eigenvalue weighted by Gasteiger charge is -2.21. The molecule has 3 heteroatoms. The van der Waals surface area contributed by atoms with Gasteiger partial charge in [-0.25, -0.2) is 0 Å². The largest absolute Gasteiger partial charge is 0.469 e. The maximum absolute atomic E-state index is 11.8. The normalized spacial score (nSPS) is 21.8. The number of Topliss-reactive ketones (excluding diaryl/α,β-unsaturated/α-hetero) is 1. The van der Waals surface area contributed by atoms with Crippen molar-refractivity contribution in [3.63, 3.8) is 0 Å². The van der Waals surface area contributed by atoms with E-state index in [4.69, 9.17) is 0 Å². The molecule has 1 aliphatic rings. The molecule has 15 heavy (non-hydrogen) atoms. The highest BCUT2D eigenvalue weighted by Crippen LogP contribution is 2.28. The van der Waals surface area contributed by atoms with Gasteiger partial charge in [0, 0.05) is 12.3 Å². The van der Waals surface area contributed by atoms with Crippen molar-refractivity contribution in [1.29, 1.82) is 0 Å². The summed E-state index contributed by atoms with van der Waals surface area (Å²) >= 11 is 0. The van der Waals surface area contributed by atoms with Crippen LogP contribution in [0.4, 0.5) is 0 Å². The highest BCUT2D eigenvalue weighted by atomic mass is 16.5. The van der Waals surface area contributed by atoms with Crippen LogP contribution in [0, 0.1) is 5.92 Å². The molecular weight excluding hydrogens is 192 g/mol. The molecule has 0 aliphatic heterocycles. The Morgan fingerprint density at radius 3 is 2.80 bits per heavy atom. The average molecular weight is 210 g/mol. The third-order valence-electron chi connectivity index (χ3n) is 3.02. The molecule has 0 radical (unpaired) electrons.